The fraction of sp³-hybridized carbons (Fsp3) is 0.375. The number of rotatable bonds is 4. The van der Waals surface area contributed by atoms with Crippen LogP contribution >= 0.6 is 0 Å². The number of nitrogens with zero attached hydrogens (tertiary/aromatic N) is 1. The van der Waals surface area contributed by atoms with E-state index in [1.54, 1.807) is 25.1 Å². The minimum absolute atomic E-state index is 0.441. The summed E-state index contributed by atoms with van der Waals surface area (Å²) >= 11 is 0. The molecule has 2 aliphatic heterocycles. The van der Waals surface area contributed by atoms with Crippen molar-refractivity contribution in [2.75, 3.05) is 4.90 Å². The zero-order valence-corrected chi connectivity index (χ0v) is 17.9. The number of aliphatic carboxylic acids is 1. The predicted octanol–water partition coefficient (Wildman–Crippen LogP) is 2.27. The van der Waals surface area contributed by atoms with Crippen LogP contribution in [-0.4, -0.2) is 39.6 Å². The number of carbonyl (C=O) groups is 3. The first-order valence-electron chi connectivity index (χ1n) is 10.3. The molecule has 2 fully saturated rings. The van der Waals surface area contributed by atoms with Crippen LogP contribution < -0.4 is 10.2 Å². The lowest BCUT2D eigenvalue weighted by atomic mass is 9.76. The predicted molar refractivity (Wildman–Crippen MR) is 114 cm³/mol. The number of anilines is 1. The summed E-state index contributed by atoms with van der Waals surface area (Å²) in [5, 5.41) is 23.8. The number of carboxylic acid groups (broad SMARTS) is 1. The molecule has 5 unspecified atom stereocenters. The summed E-state index contributed by atoms with van der Waals surface area (Å²) in [6, 6.07) is 12.0. The third-order valence-electron chi connectivity index (χ3n) is 6.73. The van der Waals surface area contributed by atoms with Gasteiger partial charge in [-0.25, -0.2) is 4.90 Å². The molecule has 0 saturated carbocycles. The second-order valence-corrected chi connectivity index (χ2v) is 8.63. The monoisotopic (exact) mass is 422 g/mol. The van der Waals surface area contributed by atoms with Gasteiger partial charge in [0.15, 0.2) is 5.54 Å². The smallest absolute Gasteiger partial charge is 0.327 e. The lowest BCUT2D eigenvalue weighted by Gasteiger charge is -2.33. The Bertz CT molecular complexity index is 1100. The van der Waals surface area contributed by atoms with Gasteiger partial charge in [-0.1, -0.05) is 42.0 Å². The quantitative estimate of drug-likeness (QED) is 0.653. The number of nitrogens with one attached hydrogen (secondary N) is 1. The molecule has 0 aliphatic carbocycles. The molecule has 5 atom stereocenters. The molecule has 2 amide bonds. The SMILES string of the molecule is Cc1ccc(C)c(C2NC(C(=O)O)(C(C)O)C3C(=O)N(c4ccccc4C)C(=O)C23)c1. The maximum absolute atomic E-state index is 13.7. The van der Waals surface area contributed by atoms with Crippen molar-refractivity contribution in [1.82, 2.24) is 5.32 Å². The van der Waals surface area contributed by atoms with Crippen molar-refractivity contribution in [2.45, 2.75) is 45.4 Å². The number of imide groups is 1. The number of hydrogen-bond acceptors (Lipinski definition) is 5. The van der Waals surface area contributed by atoms with E-state index in [4.69, 9.17) is 0 Å². The molecular formula is C24H26N2O5. The Hall–Kier alpha value is -3.03. The Morgan fingerprint density at radius 3 is 2.35 bits per heavy atom. The maximum Gasteiger partial charge on any atom is 0.327 e. The minimum Gasteiger partial charge on any atom is -0.480 e. The van der Waals surface area contributed by atoms with E-state index in [1.165, 1.54) is 6.92 Å². The fourth-order valence-corrected chi connectivity index (χ4v) is 5.11. The van der Waals surface area contributed by atoms with Crippen LogP contribution in [0, 0.1) is 32.6 Å². The molecule has 0 bridgehead atoms. The molecule has 2 aromatic carbocycles. The molecule has 2 aliphatic rings. The Morgan fingerprint density at radius 2 is 1.74 bits per heavy atom. The third kappa shape index (κ3) is 2.91. The van der Waals surface area contributed by atoms with Crippen molar-refractivity contribution < 1.29 is 24.6 Å². The zero-order valence-electron chi connectivity index (χ0n) is 17.9. The van der Waals surface area contributed by atoms with Gasteiger partial charge in [-0.15, -0.1) is 0 Å². The second kappa shape index (κ2) is 7.28. The van der Waals surface area contributed by atoms with Gasteiger partial charge in [0.1, 0.15) is 0 Å². The van der Waals surface area contributed by atoms with E-state index in [0.29, 0.717) is 5.69 Å². The normalized spacial score (nSPS) is 28.7. The summed E-state index contributed by atoms with van der Waals surface area (Å²) in [6.45, 7) is 6.94. The fourth-order valence-electron chi connectivity index (χ4n) is 5.11. The largest absolute Gasteiger partial charge is 0.480 e. The Balaban J connectivity index is 1.93. The van der Waals surface area contributed by atoms with E-state index in [2.05, 4.69) is 5.32 Å². The molecule has 0 aromatic heterocycles. The lowest BCUT2D eigenvalue weighted by molar-refractivity contribution is -0.154. The Kier molecular flexibility index (Phi) is 4.98. The van der Waals surface area contributed by atoms with Crippen molar-refractivity contribution in [3.8, 4) is 0 Å². The van der Waals surface area contributed by atoms with Gasteiger partial charge in [0.25, 0.3) is 0 Å². The molecule has 4 rings (SSSR count). The van der Waals surface area contributed by atoms with Crippen molar-refractivity contribution in [3.63, 3.8) is 0 Å². The molecule has 0 spiro atoms. The third-order valence-corrected chi connectivity index (χ3v) is 6.73. The van der Waals surface area contributed by atoms with Crippen LogP contribution in [-0.2, 0) is 14.4 Å². The van der Waals surface area contributed by atoms with Gasteiger partial charge in [-0.3, -0.25) is 19.7 Å². The van der Waals surface area contributed by atoms with Gasteiger partial charge in [-0.05, 0) is 50.5 Å². The minimum atomic E-state index is -1.98. The van der Waals surface area contributed by atoms with Gasteiger partial charge in [0, 0.05) is 6.04 Å². The van der Waals surface area contributed by atoms with Crippen molar-refractivity contribution in [1.29, 1.82) is 0 Å². The molecular weight excluding hydrogens is 396 g/mol. The Morgan fingerprint density at radius 1 is 1.06 bits per heavy atom. The zero-order chi connectivity index (χ0) is 22.7. The highest BCUT2D eigenvalue weighted by Crippen LogP contribution is 2.51. The molecule has 2 aromatic rings. The number of aliphatic hydroxyl groups is 1. The van der Waals surface area contributed by atoms with Gasteiger partial charge in [0.2, 0.25) is 11.8 Å². The number of amides is 2. The van der Waals surface area contributed by atoms with Crippen molar-refractivity contribution in [3.05, 3.63) is 64.7 Å². The van der Waals surface area contributed by atoms with Gasteiger partial charge in [-0.2, -0.15) is 0 Å². The van der Waals surface area contributed by atoms with Crippen molar-refractivity contribution in [2.24, 2.45) is 11.8 Å². The number of fused-ring (bicyclic) bond motifs is 1. The van der Waals surface area contributed by atoms with Gasteiger partial charge < -0.3 is 10.2 Å². The van der Waals surface area contributed by atoms with Gasteiger partial charge >= 0.3 is 5.97 Å². The highest BCUT2D eigenvalue weighted by molar-refractivity contribution is 6.24. The van der Waals surface area contributed by atoms with Gasteiger partial charge in [0.05, 0.1) is 23.6 Å². The average Bonchev–Trinajstić information content (AvgIpc) is 3.20. The maximum atomic E-state index is 13.7. The molecule has 2 saturated heterocycles. The topological polar surface area (TPSA) is 107 Å². The van der Waals surface area contributed by atoms with Crippen LogP contribution in [0.4, 0.5) is 5.69 Å². The van der Waals surface area contributed by atoms with Crippen LogP contribution in [0.1, 0.15) is 35.2 Å². The second-order valence-electron chi connectivity index (χ2n) is 8.63. The summed E-state index contributed by atoms with van der Waals surface area (Å²) in [5.74, 6) is -4.59. The summed E-state index contributed by atoms with van der Waals surface area (Å²) in [6.07, 6.45) is -1.40. The highest BCUT2D eigenvalue weighted by atomic mass is 16.4. The number of hydrogen-bond donors (Lipinski definition) is 3. The number of benzene rings is 2. The molecule has 3 N–H and O–H groups in total. The van der Waals surface area contributed by atoms with E-state index in [-0.39, 0.29) is 0 Å². The van der Waals surface area contributed by atoms with E-state index < -0.39 is 47.3 Å². The molecule has 162 valence electrons. The van der Waals surface area contributed by atoms with E-state index >= 15 is 0 Å². The molecule has 7 heteroatoms. The van der Waals surface area contributed by atoms with Crippen LogP contribution in [0.25, 0.3) is 0 Å². The summed E-state index contributed by atoms with van der Waals surface area (Å²) in [4.78, 5) is 40.8. The van der Waals surface area contributed by atoms with E-state index in [0.717, 1.165) is 27.2 Å². The average molecular weight is 422 g/mol. The van der Waals surface area contributed by atoms with E-state index in [9.17, 15) is 24.6 Å². The number of aryl methyl sites for hydroxylation is 3. The first-order valence-corrected chi connectivity index (χ1v) is 10.3. The van der Waals surface area contributed by atoms with Crippen LogP contribution in [0.3, 0.4) is 0 Å². The molecule has 2 heterocycles. The lowest BCUT2D eigenvalue weighted by Crippen LogP contribution is -2.62. The summed E-state index contributed by atoms with van der Waals surface area (Å²) in [5.41, 5.74) is 1.79. The number of para-hydroxylation sites is 1. The first-order chi connectivity index (χ1) is 14.6. The van der Waals surface area contributed by atoms with Crippen LogP contribution in [0.2, 0.25) is 0 Å². The van der Waals surface area contributed by atoms with Crippen molar-refractivity contribution >= 4 is 23.5 Å². The molecule has 31 heavy (non-hydrogen) atoms. The van der Waals surface area contributed by atoms with E-state index in [1.807, 2.05) is 38.1 Å². The number of carboxylic acids is 1. The summed E-state index contributed by atoms with van der Waals surface area (Å²) < 4.78 is 0. The first kappa shape index (κ1) is 21.2. The van der Waals surface area contributed by atoms with Crippen LogP contribution in [0.15, 0.2) is 42.5 Å². The Labute approximate surface area is 180 Å². The molecule has 7 nitrogen and oxygen atoms in total. The standard InChI is InChI=1S/C24H26N2O5/c1-12-9-10-13(2)16(11-12)20-18-19(24(25-20,15(4)27)23(30)31)22(29)26(21(18)28)17-8-6-5-7-14(17)3/h5-11,15,18-20,25,27H,1-4H3,(H,30,31). The number of carbonyl (C=O) groups excluding carboxylic acids is 2. The number of aliphatic hydroxyl groups excluding tert-OH is 1. The molecule has 0 radical (unpaired) electrons. The van der Waals surface area contributed by atoms with Crippen LogP contribution in [0.5, 0.6) is 0 Å². The summed E-state index contributed by atoms with van der Waals surface area (Å²) in [7, 11) is 0. The highest BCUT2D eigenvalue weighted by Gasteiger charge is 2.70.